The van der Waals surface area contributed by atoms with Gasteiger partial charge in [-0.2, -0.15) is 0 Å². The Morgan fingerprint density at radius 2 is 1.56 bits per heavy atom. The van der Waals surface area contributed by atoms with E-state index in [1.54, 1.807) is 6.92 Å². The Kier molecular flexibility index (Phi) is 8.29. The molecule has 0 aliphatic carbocycles. The largest absolute Gasteiger partial charge is 0.465 e. The second-order valence-corrected chi connectivity index (χ2v) is 8.59. The molecule has 0 saturated heterocycles. The first kappa shape index (κ1) is 21.8. The van der Waals surface area contributed by atoms with Gasteiger partial charge in [-0.05, 0) is 56.6 Å². The number of rotatable bonds is 8. The predicted octanol–water partition coefficient (Wildman–Crippen LogP) is 4.08. The van der Waals surface area contributed by atoms with E-state index in [-0.39, 0.29) is 23.7 Å². The number of esters is 1. The Balaban J connectivity index is 3.21. The summed E-state index contributed by atoms with van der Waals surface area (Å²) in [4.78, 5) is 13.3. The molecule has 0 aliphatic rings. The van der Waals surface area contributed by atoms with Crippen molar-refractivity contribution in [2.75, 3.05) is 6.61 Å². The van der Waals surface area contributed by atoms with E-state index in [9.17, 15) is 9.00 Å². The van der Waals surface area contributed by atoms with Crippen LogP contribution in [0.1, 0.15) is 51.3 Å². The maximum Gasteiger partial charge on any atom is 0.324 e. The van der Waals surface area contributed by atoms with Crippen LogP contribution in [0.3, 0.4) is 0 Å². The van der Waals surface area contributed by atoms with Crippen molar-refractivity contribution in [2.45, 2.75) is 66.3 Å². The van der Waals surface area contributed by atoms with Crippen molar-refractivity contribution in [1.82, 2.24) is 4.72 Å². The summed E-state index contributed by atoms with van der Waals surface area (Å²) in [5.74, 6) is 0.234. The molecule has 0 spiro atoms. The van der Waals surface area contributed by atoms with Crippen molar-refractivity contribution in [3.63, 3.8) is 0 Å². The van der Waals surface area contributed by atoms with E-state index in [1.165, 1.54) is 0 Å². The van der Waals surface area contributed by atoms with Gasteiger partial charge >= 0.3 is 5.97 Å². The van der Waals surface area contributed by atoms with Gasteiger partial charge in [0.25, 0.3) is 0 Å². The number of nitrogens with one attached hydrogen (secondary N) is 1. The highest BCUT2D eigenvalue weighted by atomic mass is 32.2. The lowest BCUT2D eigenvalue weighted by atomic mass is 9.80. The molecule has 1 aromatic rings. The van der Waals surface area contributed by atoms with Crippen LogP contribution in [0.15, 0.2) is 17.0 Å². The number of carbonyl (C=O) groups excluding carboxylic acids is 1. The van der Waals surface area contributed by atoms with Gasteiger partial charge in [0.15, 0.2) is 0 Å². The van der Waals surface area contributed by atoms with Crippen molar-refractivity contribution in [1.29, 1.82) is 0 Å². The monoisotopic (exact) mass is 367 g/mol. The van der Waals surface area contributed by atoms with E-state index in [1.807, 2.05) is 32.9 Å². The SMILES string of the molecule is CCOC(=O)[C@@H](NS(=O)c1c(C)cc(C)cc1C)C(C(C)C)C(C)C. The molecule has 0 saturated carbocycles. The van der Waals surface area contributed by atoms with Crippen LogP contribution in [0, 0.1) is 38.5 Å². The molecule has 5 heteroatoms. The highest BCUT2D eigenvalue weighted by molar-refractivity contribution is 7.83. The average molecular weight is 368 g/mol. The third kappa shape index (κ3) is 5.65. The number of ether oxygens (including phenoxy) is 1. The maximum absolute atomic E-state index is 13.1. The number of benzene rings is 1. The molecule has 0 aromatic heterocycles. The molecule has 1 N–H and O–H groups in total. The fourth-order valence-electron chi connectivity index (χ4n) is 3.69. The second kappa shape index (κ2) is 9.48. The van der Waals surface area contributed by atoms with Crippen molar-refractivity contribution < 1.29 is 13.7 Å². The van der Waals surface area contributed by atoms with Crippen LogP contribution < -0.4 is 4.72 Å². The Labute approximate surface area is 155 Å². The van der Waals surface area contributed by atoms with E-state index in [2.05, 4.69) is 32.4 Å². The third-order valence-electron chi connectivity index (χ3n) is 4.49. The minimum absolute atomic E-state index is 0.0362. The van der Waals surface area contributed by atoms with E-state index < -0.39 is 17.0 Å². The molecule has 0 bridgehead atoms. The van der Waals surface area contributed by atoms with Gasteiger partial charge in [-0.15, -0.1) is 0 Å². The number of carbonyl (C=O) groups is 1. The van der Waals surface area contributed by atoms with Gasteiger partial charge in [-0.1, -0.05) is 45.4 Å². The number of hydrogen-bond donors (Lipinski definition) is 1. The highest BCUT2D eigenvalue weighted by Gasteiger charge is 2.35. The normalized spacial score (nSPS) is 14.2. The molecule has 1 rings (SSSR count). The zero-order valence-electron chi connectivity index (χ0n) is 16.8. The molecule has 1 unspecified atom stereocenters. The molecule has 25 heavy (non-hydrogen) atoms. The molecule has 0 heterocycles. The van der Waals surface area contributed by atoms with Crippen LogP contribution in [0.2, 0.25) is 0 Å². The van der Waals surface area contributed by atoms with E-state index in [0.29, 0.717) is 6.61 Å². The minimum Gasteiger partial charge on any atom is -0.465 e. The average Bonchev–Trinajstić information content (AvgIpc) is 2.44. The fraction of sp³-hybridized carbons (Fsp3) is 0.650. The molecule has 142 valence electrons. The van der Waals surface area contributed by atoms with Crippen LogP contribution in [0.4, 0.5) is 0 Å². The van der Waals surface area contributed by atoms with Crippen molar-refractivity contribution in [2.24, 2.45) is 17.8 Å². The first-order valence-electron chi connectivity index (χ1n) is 9.02. The number of aryl methyl sites for hydroxylation is 3. The fourth-order valence-corrected chi connectivity index (χ4v) is 4.99. The lowest BCUT2D eigenvalue weighted by Gasteiger charge is -2.32. The van der Waals surface area contributed by atoms with Gasteiger partial charge in [-0.3, -0.25) is 4.79 Å². The summed E-state index contributed by atoms with van der Waals surface area (Å²) in [6.45, 7) is 16.4. The molecule has 4 nitrogen and oxygen atoms in total. The van der Waals surface area contributed by atoms with E-state index in [0.717, 1.165) is 21.6 Å². The van der Waals surface area contributed by atoms with E-state index >= 15 is 0 Å². The molecule has 0 amide bonds. The molecule has 0 aliphatic heterocycles. The van der Waals surface area contributed by atoms with Crippen molar-refractivity contribution >= 4 is 17.0 Å². The summed E-state index contributed by atoms with van der Waals surface area (Å²) < 4.78 is 21.4. The van der Waals surface area contributed by atoms with Crippen LogP contribution in [-0.2, 0) is 20.5 Å². The minimum atomic E-state index is -1.47. The third-order valence-corrected chi connectivity index (χ3v) is 5.97. The Bertz CT molecular complexity index is 594. The van der Waals surface area contributed by atoms with Crippen LogP contribution in [0.5, 0.6) is 0 Å². The van der Waals surface area contributed by atoms with Crippen molar-refractivity contribution in [3.8, 4) is 0 Å². The second-order valence-electron chi connectivity index (χ2n) is 7.41. The van der Waals surface area contributed by atoms with Crippen LogP contribution in [-0.4, -0.2) is 22.8 Å². The number of hydrogen-bond acceptors (Lipinski definition) is 3. The summed E-state index contributed by atoms with van der Waals surface area (Å²) in [5, 5.41) is 0. The van der Waals surface area contributed by atoms with Crippen LogP contribution >= 0.6 is 0 Å². The Morgan fingerprint density at radius 3 is 1.96 bits per heavy atom. The quantitative estimate of drug-likeness (QED) is 0.704. The summed E-state index contributed by atoms with van der Waals surface area (Å²) in [7, 11) is -1.47. The molecular weight excluding hydrogens is 334 g/mol. The Hall–Kier alpha value is -1.20. The predicted molar refractivity (Wildman–Crippen MR) is 104 cm³/mol. The maximum atomic E-state index is 13.1. The van der Waals surface area contributed by atoms with Crippen LogP contribution in [0.25, 0.3) is 0 Å². The summed E-state index contributed by atoms with van der Waals surface area (Å²) >= 11 is 0. The molecule has 0 radical (unpaired) electrons. The van der Waals surface area contributed by atoms with Crippen molar-refractivity contribution in [3.05, 3.63) is 28.8 Å². The van der Waals surface area contributed by atoms with Gasteiger partial charge in [0.05, 0.1) is 11.5 Å². The molecular formula is C20H33NO3S. The lowest BCUT2D eigenvalue weighted by Crippen LogP contribution is -2.48. The Morgan fingerprint density at radius 1 is 1.08 bits per heavy atom. The molecule has 0 fully saturated rings. The highest BCUT2D eigenvalue weighted by Crippen LogP contribution is 2.27. The van der Waals surface area contributed by atoms with Gasteiger partial charge in [0, 0.05) is 0 Å². The van der Waals surface area contributed by atoms with Gasteiger partial charge in [0.2, 0.25) is 0 Å². The lowest BCUT2D eigenvalue weighted by molar-refractivity contribution is -0.147. The first-order chi connectivity index (χ1) is 11.6. The van der Waals surface area contributed by atoms with Gasteiger partial charge in [-0.25, -0.2) is 8.93 Å². The van der Waals surface area contributed by atoms with Gasteiger partial charge in [0.1, 0.15) is 17.0 Å². The smallest absolute Gasteiger partial charge is 0.324 e. The molecule has 2 atom stereocenters. The first-order valence-corrected chi connectivity index (χ1v) is 10.2. The van der Waals surface area contributed by atoms with E-state index in [4.69, 9.17) is 4.74 Å². The summed E-state index contributed by atoms with van der Waals surface area (Å²) in [6.07, 6.45) is 0. The zero-order valence-corrected chi connectivity index (χ0v) is 17.6. The topological polar surface area (TPSA) is 55.4 Å². The summed E-state index contributed by atoms with van der Waals surface area (Å²) in [5.41, 5.74) is 3.08. The summed E-state index contributed by atoms with van der Waals surface area (Å²) in [6, 6.07) is 3.44. The molecule has 1 aromatic carbocycles. The van der Waals surface area contributed by atoms with Gasteiger partial charge < -0.3 is 4.74 Å². The zero-order chi connectivity index (χ0) is 19.3. The standard InChI is InChI=1S/C20H33NO3S/c1-9-24-20(22)18(17(12(2)3)13(4)5)21-25(23)19-15(7)10-14(6)11-16(19)8/h10-13,17-18,21H,9H2,1-8H3/t18-,25?/m0/s1.